The van der Waals surface area contributed by atoms with Gasteiger partial charge in [-0.05, 0) is 25.5 Å². The SMILES string of the molecule is CCCCNC(=O)c1cnc(Nc2ccccc2OCC)cn1. The third-order valence-electron chi connectivity index (χ3n) is 3.15. The fourth-order valence-corrected chi connectivity index (χ4v) is 1.97. The number of para-hydroxylation sites is 2. The molecule has 1 aromatic heterocycles. The Kier molecular flexibility index (Phi) is 6.35. The maximum atomic E-state index is 11.9. The molecule has 23 heavy (non-hydrogen) atoms. The molecule has 1 amide bonds. The number of hydrogen-bond acceptors (Lipinski definition) is 5. The molecular weight excluding hydrogens is 292 g/mol. The van der Waals surface area contributed by atoms with Gasteiger partial charge in [0.2, 0.25) is 0 Å². The number of unbranched alkanes of at least 4 members (excludes halogenated alkanes) is 1. The van der Waals surface area contributed by atoms with Crippen molar-refractivity contribution < 1.29 is 9.53 Å². The van der Waals surface area contributed by atoms with Crippen molar-refractivity contribution >= 4 is 17.4 Å². The summed E-state index contributed by atoms with van der Waals surface area (Å²) in [6.07, 6.45) is 4.99. The van der Waals surface area contributed by atoms with Crippen LogP contribution in [0.3, 0.4) is 0 Å². The van der Waals surface area contributed by atoms with Crippen LogP contribution in [0.15, 0.2) is 36.7 Å². The van der Waals surface area contributed by atoms with E-state index in [1.165, 1.54) is 12.4 Å². The minimum Gasteiger partial charge on any atom is -0.492 e. The molecule has 122 valence electrons. The molecule has 0 bridgehead atoms. The Morgan fingerprint density at radius 3 is 2.70 bits per heavy atom. The Hall–Kier alpha value is -2.63. The first-order valence-electron chi connectivity index (χ1n) is 7.83. The minimum atomic E-state index is -0.202. The fraction of sp³-hybridized carbons (Fsp3) is 0.353. The number of rotatable bonds is 8. The van der Waals surface area contributed by atoms with Crippen LogP contribution in [0, 0.1) is 0 Å². The highest BCUT2D eigenvalue weighted by Gasteiger charge is 2.08. The second kappa shape index (κ2) is 8.73. The van der Waals surface area contributed by atoms with Crippen molar-refractivity contribution in [3.63, 3.8) is 0 Å². The van der Waals surface area contributed by atoms with Gasteiger partial charge in [0, 0.05) is 6.54 Å². The number of carbonyl (C=O) groups excluding carboxylic acids is 1. The van der Waals surface area contributed by atoms with E-state index in [9.17, 15) is 4.79 Å². The highest BCUT2D eigenvalue weighted by atomic mass is 16.5. The third-order valence-corrected chi connectivity index (χ3v) is 3.15. The predicted octanol–water partition coefficient (Wildman–Crippen LogP) is 3.15. The normalized spacial score (nSPS) is 10.2. The summed E-state index contributed by atoms with van der Waals surface area (Å²) in [5.41, 5.74) is 1.12. The van der Waals surface area contributed by atoms with Crippen LogP contribution in [0.5, 0.6) is 5.75 Å². The summed E-state index contributed by atoms with van der Waals surface area (Å²) >= 11 is 0. The average molecular weight is 314 g/mol. The van der Waals surface area contributed by atoms with Gasteiger partial charge >= 0.3 is 0 Å². The zero-order valence-corrected chi connectivity index (χ0v) is 13.5. The molecule has 6 heteroatoms. The molecule has 0 radical (unpaired) electrons. The molecule has 0 aliphatic heterocycles. The first kappa shape index (κ1) is 16.7. The largest absolute Gasteiger partial charge is 0.492 e. The summed E-state index contributed by atoms with van der Waals surface area (Å²) < 4.78 is 5.55. The zero-order valence-electron chi connectivity index (χ0n) is 13.5. The molecule has 0 unspecified atom stereocenters. The topological polar surface area (TPSA) is 76.1 Å². The van der Waals surface area contributed by atoms with Crippen molar-refractivity contribution in [1.82, 2.24) is 15.3 Å². The van der Waals surface area contributed by atoms with Gasteiger partial charge in [0.05, 0.1) is 24.7 Å². The number of nitrogens with zero attached hydrogens (tertiary/aromatic N) is 2. The van der Waals surface area contributed by atoms with E-state index in [-0.39, 0.29) is 5.91 Å². The van der Waals surface area contributed by atoms with E-state index in [4.69, 9.17) is 4.74 Å². The standard InChI is InChI=1S/C17H22N4O2/c1-3-5-10-18-17(22)14-11-20-16(12-19-14)21-13-8-6-7-9-15(13)23-4-2/h6-9,11-12H,3-5,10H2,1-2H3,(H,18,22)(H,20,21). The van der Waals surface area contributed by atoms with Crippen molar-refractivity contribution in [1.29, 1.82) is 0 Å². The molecule has 1 aromatic carbocycles. The van der Waals surface area contributed by atoms with E-state index < -0.39 is 0 Å². The van der Waals surface area contributed by atoms with Gasteiger partial charge in [0.25, 0.3) is 5.91 Å². The maximum Gasteiger partial charge on any atom is 0.271 e. The first-order chi connectivity index (χ1) is 11.2. The number of amides is 1. The van der Waals surface area contributed by atoms with Crippen LogP contribution >= 0.6 is 0 Å². The predicted molar refractivity (Wildman–Crippen MR) is 90.2 cm³/mol. The monoisotopic (exact) mass is 314 g/mol. The Balaban J connectivity index is 2.01. The minimum absolute atomic E-state index is 0.202. The maximum absolute atomic E-state index is 11.9. The number of anilines is 2. The van der Waals surface area contributed by atoms with E-state index in [1.807, 2.05) is 31.2 Å². The molecule has 6 nitrogen and oxygen atoms in total. The number of carbonyl (C=O) groups is 1. The Bertz CT molecular complexity index is 629. The van der Waals surface area contributed by atoms with Crippen molar-refractivity contribution in [3.8, 4) is 5.75 Å². The van der Waals surface area contributed by atoms with Crippen LogP contribution in [0.4, 0.5) is 11.5 Å². The van der Waals surface area contributed by atoms with Gasteiger partial charge < -0.3 is 15.4 Å². The van der Waals surface area contributed by atoms with E-state index in [0.29, 0.717) is 24.7 Å². The van der Waals surface area contributed by atoms with Gasteiger partial charge in [-0.2, -0.15) is 0 Å². The summed E-state index contributed by atoms with van der Waals surface area (Å²) in [6, 6.07) is 7.60. The molecule has 0 saturated carbocycles. The van der Waals surface area contributed by atoms with Gasteiger partial charge in [-0.1, -0.05) is 25.5 Å². The number of ether oxygens (including phenoxy) is 1. The van der Waals surface area contributed by atoms with Gasteiger partial charge in [-0.3, -0.25) is 4.79 Å². The van der Waals surface area contributed by atoms with E-state index >= 15 is 0 Å². The van der Waals surface area contributed by atoms with Crippen LogP contribution in [0.25, 0.3) is 0 Å². The molecule has 2 rings (SSSR count). The van der Waals surface area contributed by atoms with Gasteiger partial charge in [-0.25, -0.2) is 9.97 Å². The molecule has 1 heterocycles. The van der Waals surface area contributed by atoms with Crippen LogP contribution in [-0.2, 0) is 0 Å². The highest BCUT2D eigenvalue weighted by Crippen LogP contribution is 2.26. The molecule has 2 aromatic rings. The highest BCUT2D eigenvalue weighted by molar-refractivity contribution is 5.92. The molecule has 0 spiro atoms. The van der Waals surface area contributed by atoms with E-state index in [0.717, 1.165) is 24.3 Å². The number of benzene rings is 1. The molecule has 2 N–H and O–H groups in total. The number of aromatic nitrogens is 2. The Morgan fingerprint density at radius 1 is 1.17 bits per heavy atom. The molecule has 0 atom stereocenters. The van der Waals surface area contributed by atoms with Crippen molar-refractivity contribution in [2.24, 2.45) is 0 Å². The molecular formula is C17H22N4O2. The number of hydrogen-bond donors (Lipinski definition) is 2. The van der Waals surface area contributed by atoms with Crippen LogP contribution in [0.1, 0.15) is 37.2 Å². The summed E-state index contributed by atoms with van der Waals surface area (Å²) in [5, 5.41) is 5.96. The van der Waals surface area contributed by atoms with Crippen molar-refractivity contribution in [2.45, 2.75) is 26.7 Å². The lowest BCUT2D eigenvalue weighted by atomic mass is 10.3. The summed E-state index contributed by atoms with van der Waals surface area (Å²) in [6.45, 7) is 5.25. The van der Waals surface area contributed by atoms with Crippen LogP contribution < -0.4 is 15.4 Å². The van der Waals surface area contributed by atoms with E-state index in [2.05, 4.69) is 27.5 Å². The Morgan fingerprint density at radius 2 is 2.00 bits per heavy atom. The molecule has 0 aliphatic carbocycles. The van der Waals surface area contributed by atoms with Crippen molar-refractivity contribution in [3.05, 3.63) is 42.4 Å². The van der Waals surface area contributed by atoms with Gasteiger partial charge in [0.15, 0.2) is 0 Å². The summed E-state index contributed by atoms with van der Waals surface area (Å²) in [4.78, 5) is 20.3. The zero-order chi connectivity index (χ0) is 16.5. The first-order valence-corrected chi connectivity index (χ1v) is 7.83. The second-order valence-electron chi connectivity index (χ2n) is 4.95. The fourth-order valence-electron chi connectivity index (χ4n) is 1.97. The molecule has 0 aliphatic rings. The smallest absolute Gasteiger partial charge is 0.271 e. The average Bonchev–Trinajstić information content (AvgIpc) is 2.58. The Labute approximate surface area is 136 Å². The molecule has 0 saturated heterocycles. The lowest BCUT2D eigenvalue weighted by Crippen LogP contribution is -2.25. The number of nitrogens with one attached hydrogen (secondary N) is 2. The lowest BCUT2D eigenvalue weighted by molar-refractivity contribution is 0.0948. The van der Waals surface area contributed by atoms with E-state index in [1.54, 1.807) is 0 Å². The molecule has 0 fully saturated rings. The quantitative estimate of drug-likeness (QED) is 0.732. The van der Waals surface area contributed by atoms with Crippen molar-refractivity contribution in [2.75, 3.05) is 18.5 Å². The van der Waals surface area contributed by atoms with Crippen LogP contribution in [0.2, 0.25) is 0 Å². The lowest BCUT2D eigenvalue weighted by Gasteiger charge is -2.11. The summed E-state index contributed by atoms with van der Waals surface area (Å²) in [7, 11) is 0. The van der Waals surface area contributed by atoms with Crippen LogP contribution in [-0.4, -0.2) is 29.0 Å². The third kappa shape index (κ3) is 4.95. The summed E-state index contributed by atoms with van der Waals surface area (Å²) in [5.74, 6) is 1.10. The van der Waals surface area contributed by atoms with Gasteiger partial charge in [-0.15, -0.1) is 0 Å². The van der Waals surface area contributed by atoms with Gasteiger partial charge in [0.1, 0.15) is 17.3 Å². The second-order valence-corrected chi connectivity index (χ2v) is 4.95.